The van der Waals surface area contributed by atoms with Crippen LogP contribution < -0.4 is 20.3 Å². The molecule has 3 aromatic rings. The number of ether oxygens (including phenoxy) is 1. The third-order valence-corrected chi connectivity index (χ3v) is 6.09. The first-order valence-electron chi connectivity index (χ1n) is 11.5. The van der Waals surface area contributed by atoms with E-state index in [9.17, 15) is 14.0 Å². The Hall–Kier alpha value is -3.85. The molecule has 2 aromatic carbocycles. The molecule has 0 radical (unpaired) electrons. The lowest BCUT2D eigenvalue weighted by molar-refractivity contribution is -0.139. The fourth-order valence-corrected chi connectivity index (χ4v) is 4.15. The van der Waals surface area contributed by atoms with Crippen LogP contribution in [-0.4, -0.2) is 56.5 Å². The first-order valence-corrected chi connectivity index (χ1v) is 11.5. The Morgan fingerprint density at radius 3 is 2.34 bits per heavy atom. The van der Waals surface area contributed by atoms with E-state index in [0.717, 1.165) is 11.3 Å². The van der Waals surface area contributed by atoms with Gasteiger partial charge in [0.15, 0.2) is 0 Å². The van der Waals surface area contributed by atoms with Gasteiger partial charge in [0.25, 0.3) is 0 Å². The number of anilines is 1. The SMILES string of the molecule is COc1ccc(CNC(=O)C(=O)NC[C@H](c2ccco2)N2CCN(c3ccccc3F)CC2)cc1. The van der Waals surface area contributed by atoms with Crippen molar-refractivity contribution in [2.75, 3.05) is 44.7 Å². The van der Waals surface area contributed by atoms with Crippen LogP contribution in [0.1, 0.15) is 17.4 Å². The van der Waals surface area contributed by atoms with Gasteiger partial charge in [-0.25, -0.2) is 4.39 Å². The monoisotopic (exact) mass is 480 g/mol. The van der Waals surface area contributed by atoms with Crippen molar-refractivity contribution in [3.63, 3.8) is 0 Å². The fraction of sp³-hybridized carbons (Fsp3) is 0.308. The summed E-state index contributed by atoms with van der Waals surface area (Å²) in [7, 11) is 1.58. The second kappa shape index (κ2) is 11.5. The number of halogens is 1. The smallest absolute Gasteiger partial charge is 0.309 e. The van der Waals surface area contributed by atoms with Crippen LogP contribution in [0.2, 0.25) is 0 Å². The zero-order valence-electron chi connectivity index (χ0n) is 19.6. The normalized spacial score (nSPS) is 14.9. The summed E-state index contributed by atoms with van der Waals surface area (Å²) < 4.78 is 24.9. The van der Waals surface area contributed by atoms with Crippen LogP contribution in [0.25, 0.3) is 0 Å². The van der Waals surface area contributed by atoms with E-state index in [2.05, 4.69) is 15.5 Å². The van der Waals surface area contributed by atoms with E-state index < -0.39 is 11.8 Å². The number of carbonyl (C=O) groups is 2. The van der Waals surface area contributed by atoms with Crippen LogP contribution in [0.15, 0.2) is 71.3 Å². The maximum Gasteiger partial charge on any atom is 0.309 e. The van der Waals surface area contributed by atoms with Gasteiger partial charge in [0.1, 0.15) is 17.3 Å². The van der Waals surface area contributed by atoms with Gasteiger partial charge in [-0.2, -0.15) is 0 Å². The molecule has 2 amide bonds. The van der Waals surface area contributed by atoms with E-state index in [0.29, 0.717) is 37.6 Å². The molecule has 0 aliphatic carbocycles. The standard InChI is InChI=1S/C26H29FN4O4/c1-34-20-10-8-19(9-11-20)17-28-25(32)26(33)29-18-23(24-7-4-16-35-24)31-14-12-30(13-15-31)22-6-3-2-5-21(22)27/h2-11,16,23H,12-15,17-18H2,1H3,(H,28,32)(H,29,33)/t23-/m1/s1. The van der Waals surface area contributed by atoms with Crippen LogP contribution in [0.3, 0.4) is 0 Å². The number of nitrogens with one attached hydrogen (secondary N) is 2. The molecule has 0 bridgehead atoms. The van der Waals surface area contributed by atoms with E-state index in [1.54, 1.807) is 43.7 Å². The summed E-state index contributed by atoms with van der Waals surface area (Å²) >= 11 is 0. The molecular formula is C26H29FN4O4. The third kappa shape index (κ3) is 6.19. The summed E-state index contributed by atoms with van der Waals surface area (Å²) in [5.41, 5.74) is 1.44. The van der Waals surface area contributed by atoms with Crippen molar-refractivity contribution in [2.24, 2.45) is 0 Å². The van der Waals surface area contributed by atoms with Crippen molar-refractivity contribution in [3.8, 4) is 5.75 Å². The van der Waals surface area contributed by atoms with E-state index in [-0.39, 0.29) is 24.9 Å². The Kier molecular flexibility index (Phi) is 7.99. The number of para-hydroxylation sites is 1. The molecule has 1 aliphatic heterocycles. The lowest BCUT2D eigenvalue weighted by Crippen LogP contribution is -2.51. The summed E-state index contributed by atoms with van der Waals surface area (Å²) in [5.74, 6) is -0.236. The highest BCUT2D eigenvalue weighted by Gasteiger charge is 2.28. The van der Waals surface area contributed by atoms with Gasteiger partial charge >= 0.3 is 11.8 Å². The van der Waals surface area contributed by atoms with Crippen molar-refractivity contribution in [1.82, 2.24) is 15.5 Å². The summed E-state index contributed by atoms with van der Waals surface area (Å²) in [6.45, 7) is 3.01. The number of amides is 2. The quantitative estimate of drug-likeness (QED) is 0.482. The minimum Gasteiger partial charge on any atom is -0.497 e. The molecule has 0 spiro atoms. The van der Waals surface area contributed by atoms with Gasteiger partial charge in [-0.15, -0.1) is 0 Å². The lowest BCUT2D eigenvalue weighted by atomic mass is 10.1. The molecule has 4 rings (SSSR count). The zero-order valence-corrected chi connectivity index (χ0v) is 19.6. The molecule has 9 heteroatoms. The summed E-state index contributed by atoms with van der Waals surface area (Å²) in [5, 5.41) is 5.36. The number of rotatable bonds is 8. The van der Waals surface area contributed by atoms with Crippen molar-refractivity contribution < 1.29 is 23.1 Å². The van der Waals surface area contributed by atoms with Crippen molar-refractivity contribution in [3.05, 3.63) is 84.1 Å². The Bertz CT molecular complexity index is 1110. The topological polar surface area (TPSA) is 87.0 Å². The van der Waals surface area contributed by atoms with Gasteiger partial charge in [0.05, 0.1) is 25.1 Å². The molecule has 1 fully saturated rings. The van der Waals surface area contributed by atoms with E-state index in [1.165, 1.54) is 6.07 Å². The zero-order chi connectivity index (χ0) is 24.6. The second-order valence-electron chi connectivity index (χ2n) is 8.25. The number of piperazine rings is 1. The molecule has 184 valence electrons. The number of hydrogen-bond acceptors (Lipinski definition) is 6. The fourth-order valence-electron chi connectivity index (χ4n) is 4.15. The van der Waals surface area contributed by atoms with Crippen molar-refractivity contribution in [2.45, 2.75) is 12.6 Å². The van der Waals surface area contributed by atoms with Gasteiger partial charge in [-0.1, -0.05) is 24.3 Å². The minimum atomic E-state index is -0.708. The van der Waals surface area contributed by atoms with E-state index in [1.807, 2.05) is 29.2 Å². The number of methoxy groups -OCH3 is 1. The predicted octanol–water partition coefficient (Wildman–Crippen LogP) is 2.72. The lowest BCUT2D eigenvalue weighted by Gasteiger charge is -2.39. The molecule has 1 atom stereocenters. The molecule has 0 unspecified atom stereocenters. The predicted molar refractivity (Wildman–Crippen MR) is 129 cm³/mol. The highest BCUT2D eigenvalue weighted by atomic mass is 19.1. The Morgan fingerprint density at radius 2 is 1.69 bits per heavy atom. The second-order valence-corrected chi connectivity index (χ2v) is 8.25. The molecule has 35 heavy (non-hydrogen) atoms. The Labute approximate surface area is 203 Å². The molecule has 8 nitrogen and oxygen atoms in total. The highest BCUT2D eigenvalue weighted by Crippen LogP contribution is 2.25. The first-order chi connectivity index (χ1) is 17.0. The average Bonchev–Trinajstić information content (AvgIpc) is 3.43. The maximum atomic E-state index is 14.2. The molecular weight excluding hydrogens is 451 g/mol. The number of carbonyl (C=O) groups excluding carboxylic acids is 2. The number of benzene rings is 2. The summed E-state index contributed by atoms with van der Waals surface area (Å²) in [6, 6.07) is 17.4. The summed E-state index contributed by atoms with van der Waals surface area (Å²) in [6.07, 6.45) is 1.58. The molecule has 1 aromatic heterocycles. The van der Waals surface area contributed by atoms with E-state index in [4.69, 9.17) is 9.15 Å². The summed E-state index contributed by atoms with van der Waals surface area (Å²) in [4.78, 5) is 29.0. The van der Waals surface area contributed by atoms with Gasteiger partial charge in [0, 0.05) is 39.3 Å². The minimum absolute atomic E-state index is 0.210. The van der Waals surface area contributed by atoms with Gasteiger partial charge < -0.3 is 24.7 Å². The van der Waals surface area contributed by atoms with Crippen LogP contribution in [0.5, 0.6) is 5.75 Å². The Balaban J connectivity index is 1.31. The maximum absolute atomic E-state index is 14.2. The number of furan rings is 1. The molecule has 1 saturated heterocycles. The van der Waals surface area contributed by atoms with Crippen LogP contribution >= 0.6 is 0 Å². The number of nitrogens with zero attached hydrogens (tertiary/aromatic N) is 2. The van der Waals surface area contributed by atoms with Crippen molar-refractivity contribution in [1.29, 1.82) is 0 Å². The van der Waals surface area contributed by atoms with Crippen LogP contribution in [0, 0.1) is 5.82 Å². The van der Waals surface area contributed by atoms with Crippen LogP contribution in [-0.2, 0) is 16.1 Å². The molecule has 1 aliphatic rings. The van der Waals surface area contributed by atoms with Gasteiger partial charge in [0.2, 0.25) is 0 Å². The van der Waals surface area contributed by atoms with Gasteiger partial charge in [-0.3, -0.25) is 14.5 Å². The molecule has 0 saturated carbocycles. The molecule has 2 heterocycles. The van der Waals surface area contributed by atoms with Gasteiger partial charge in [-0.05, 0) is 42.0 Å². The first kappa shape index (κ1) is 24.3. The largest absolute Gasteiger partial charge is 0.497 e. The van der Waals surface area contributed by atoms with Crippen LogP contribution in [0.4, 0.5) is 10.1 Å². The Morgan fingerprint density at radius 1 is 0.971 bits per heavy atom. The van der Waals surface area contributed by atoms with E-state index >= 15 is 0 Å². The number of hydrogen-bond donors (Lipinski definition) is 2. The third-order valence-electron chi connectivity index (χ3n) is 6.09. The van der Waals surface area contributed by atoms with Crippen molar-refractivity contribution >= 4 is 17.5 Å². The highest BCUT2D eigenvalue weighted by molar-refractivity contribution is 6.35. The average molecular weight is 481 g/mol. The molecule has 2 N–H and O–H groups in total.